The van der Waals surface area contributed by atoms with Crippen LogP contribution < -0.4 is 5.32 Å². The molecule has 1 aliphatic heterocycles. The number of carbonyl (C=O) groups excluding carboxylic acids is 1. The topological polar surface area (TPSA) is 103 Å². The number of hydrogen-bond donors (Lipinski definition) is 2. The molecule has 0 aromatic heterocycles. The average Bonchev–Trinajstić information content (AvgIpc) is 2.54. The van der Waals surface area contributed by atoms with Crippen LogP contribution in [-0.4, -0.2) is 54.7 Å². The van der Waals surface area contributed by atoms with Gasteiger partial charge in [-0.05, 0) is 26.2 Å². The molecule has 122 valence electrons. The highest BCUT2D eigenvalue weighted by Gasteiger charge is 2.28. The van der Waals surface area contributed by atoms with Gasteiger partial charge in [0.05, 0.1) is 5.92 Å². The van der Waals surface area contributed by atoms with E-state index in [0.29, 0.717) is 45.7 Å². The Labute approximate surface area is 130 Å². The SMILES string of the molecule is CCOCCCN/C=C(/C#N)C(=O)N1CCC(C(=O)O)CC1. The molecule has 7 heteroatoms. The number of aliphatic carboxylic acids is 1. The van der Waals surface area contributed by atoms with Crippen molar-refractivity contribution in [2.45, 2.75) is 26.2 Å². The number of piperidine rings is 1. The van der Waals surface area contributed by atoms with Gasteiger partial charge in [-0.1, -0.05) is 0 Å². The first-order valence-corrected chi connectivity index (χ1v) is 7.53. The van der Waals surface area contributed by atoms with Crippen molar-refractivity contribution in [1.82, 2.24) is 10.2 Å². The van der Waals surface area contributed by atoms with E-state index in [1.165, 1.54) is 11.1 Å². The number of nitriles is 1. The minimum atomic E-state index is -0.820. The lowest BCUT2D eigenvalue weighted by atomic mass is 9.97. The molecule has 2 N–H and O–H groups in total. The van der Waals surface area contributed by atoms with Gasteiger partial charge in [-0.3, -0.25) is 9.59 Å². The van der Waals surface area contributed by atoms with Crippen LogP contribution in [0.2, 0.25) is 0 Å². The Bertz CT molecular complexity index is 448. The van der Waals surface area contributed by atoms with Crippen LogP contribution in [0, 0.1) is 17.2 Å². The molecule has 0 unspecified atom stereocenters. The number of hydrogen-bond acceptors (Lipinski definition) is 5. The fourth-order valence-electron chi connectivity index (χ4n) is 2.24. The Morgan fingerprint density at radius 3 is 2.68 bits per heavy atom. The molecule has 7 nitrogen and oxygen atoms in total. The quantitative estimate of drug-likeness (QED) is 0.389. The number of nitrogens with one attached hydrogen (secondary N) is 1. The van der Waals surface area contributed by atoms with Crippen molar-refractivity contribution in [3.05, 3.63) is 11.8 Å². The van der Waals surface area contributed by atoms with Crippen LogP contribution in [-0.2, 0) is 14.3 Å². The van der Waals surface area contributed by atoms with Crippen LogP contribution in [0.15, 0.2) is 11.8 Å². The summed E-state index contributed by atoms with van der Waals surface area (Å²) in [5.74, 6) is -1.56. The minimum absolute atomic E-state index is 0.0465. The second-order valence-corrected chi connectivity index (χ2v) is 5.08. The van der Waals surface area contributed by atoms with E-state index in [-0.39, 0.29) is 11.5 Å². The van der Waals surface area contributed by atoms with Crippen LogP contribution in [0.3, 0.4) is 0 Å². The van der Waals surface area contributed by atoms with Gasteiger partial charge in [0.15, 0.2) is 0 Å². The maximum absolute atomic E-state index is 12.2. The monoisotopic (exact) mass is 309 g/mol. The standard InChI is InChI=1S/C15H23N3O4/c1-2-22-9-3-6-17-11-13(10-16)14(19)18-7-4-12(5-8-18)15(20)21/h11-12,17H,2-9H2,1H3,(H,20,21)/b13-11-. The maximum Gasteiger partial charge on any atom is 0.306 e. The van der Waals surface area contributed by atoms with Crippen LogP contribution in [0.5, 0.6) is 0 Å². The number of rotatable bonds is 8. The number of carbonyl (C=O) groups is 2. The number of carboxylic acid groups (broad SMARTS) is 1. The average molecular weight is 309 g/mol. The highest BCUT2D eigenvalue weighted by atomic mass is 16.5. The Hall–Kier alpha value is -2.07. The molecule has 0 radical (unpaired) electrons. The largest absolute Gasteiger partial charge is 0.481 e. The van der Waals surface area contributed by atoms with Crippen LogP contribution in [0.4, 0.5) is 0 Å². The lowest BCUT2D eigenvalue weighted by Crippen LogP contribution is -2.41. The molecule has 1 saturated heterocycles. The van der Waals surface area contributed by atoms with Gasteiger partial charge < -0.3 is 20.1 Å². The summed E-state index contributed by atoms with van der Waals surface area (Å²) in [6, 6.07) is 1.90. The van der Waals surface area contributed by atoms with Crippen molar-refractivity contribution in [1.29, 1.82) is 5.26 Å². The lowest BCUT2D eigenvalue weighted by Gasteiger charge is -2.29. The normalized spacial score (nSPS) is 16.2. The van der Waals surface area contributed by atoms with Crippen molar-refractivity contribution in [2.24, 2.45) is 5.92 Å². The number of ether oxygens (including phenoxy) is 1. The molecular formula is C15H23N3O4. The number of nitrogens with zero attached hydrogens (tertiary/aromatic N) is 2. The van der Waals surface area contributed by atoms with Gasteiger partial charge in [-0.25, -0.2) is 0 Å². The number of likely N-dealkylation sites (tertiary alicyclic amines) is 1. The Morgan fingerprint density at radius 2 is 2.14 bits per heavy atom. The first-order valence-electron chi connectivity index (χ1n) is 7.53. The van der Waals surface area contributed by atoms with Crippen LogP contribution in [0.1, 0.15) is 26.2 Å². The predicted molar refractivity (Wildman–Crippen MR) is 79.7 cm³/mol. The zero-order valence-corrected chi connectivity index (χ0v) is 12.9. The summed E-state index contributed by atoms with van der Waals surface area (Å²) in [5, 5.41) is 21.0. The molecule has 1 rings (SSSR count). The Kier molecular flexibility index (Phi) is 8.00. The van der Waals surface area contributed by atoms with Gasteiger partial charge in [0.1, 0.15) is 11.6 Å². The first-order chi connectivity index (χ1) is 10.6. The molecule has 1 fully saturated rings. The predicted octanol–water partition coefficient (Wildman–Crippen LogP) is 0.733. The third kappa shape index (κ3) is 5.74. The fraction of sp³-hybridized carbons (Fsp3) is 0.667. The van der Waals surface area contributed by atoms with E-state index in [1.807, 2.05) is 13.0 Å². The molecule has 0 aliphatic carbocycles. The highest BCUT2D eigenvalue weighted by molar-refractivity contribution is 5.97. The zero-order valence-electron chi connectivity index (χ0n) is 12.9. The molecular weight excluding hydrogens is 286 g/mol. The molecule has 1 heterocycles. The summed E-state index contributed by atoms with van der Waals surface area (Å²) in [6.07, 6.45) is 3.09. The van der Waals surface area contributed by atoms with Gasteiger partial charge in [0.2, 0.25) is 0 Å². The highest BCUT2D eigenvalue weighted by Crippen LogP contribution is 2.18. The second-order valence-electron chi connectivity index (χ2n) is 5.08. The Balaban J connectivity index is 2.41. The summed E-state index contributed by atoms with van der Waals surface area (Å²) >= 11 is 0. The summed E-state index contributed by atoms with van der Waals surface area (Å²) in [7, 11) is 0. The summed E-state index contributed by atoms with van der Waals surface area (Å²) < 4.78 is 5.19. The van der Waals surface area contributed by atoms with Crippen molar-refractivity contribution < 1.29 is 19.4 Å². The van der Waals surface area contributed by atoms with E-state index in [2.05, 4.69) is 5.32 Å². The van der Waals surface area contributed by atoms with Gasteiger partial charge >= 0.3 is 5.97 Å². The molecule has 0 aromatic rings. The van der Waals surface area contributed by atoms with Gasteiger partial charge in [0.25, 0.3) is 5.91 Å². The molecule has 0 atom stereocenters. The van der Waals surface area contributed by atoms with E-state index in [0.717, 1.165) is 6.42 Å². The third-order valence-corrected chi connectivity index (χ3v) is 3.54. The summed E-state index contributed by atoms with van der Waals surface area (Å²) in [5.41, 5.74) is 0.0465. The molecule has 0 spiro atoms. The van der Waals surface area contributed by atoms with Crippen molar-refractivity contribution in [2.75, 3.05) is 32.8 Å². The van der Waals surface area contributed by atoms with E-state index in [9.17, 15) is 9.59 Å². The molecule has 1 aliphatic rings. The van der Waals surface area contributed by atoms with Crippen LogP contribution in [0.25, 0.3) is 0 Å². The lowest BCUT2D eigenvalue weighted by molar-refractivity contribution is -0.145. The molecule has 22 heavy (non-hydrogen) atoms. The molecule has 0 aromatic carbocycles. The second kappa shape index (κ2) is 9.79. The molecule has 0 saturated carbocycles. The van der Waals surface area contributed by atoms with Crippen LogP contribution >= 0.6 is 0 Å². The van der Waals surface area contributed by atoms with E-state index < -0.39 is 11.9 Å². The molecule has 1 amide bonds. The fourth-order valence-corrected chi connectivity index (χ4v) is 2.24. The first kappa shape index (κ1) is 18.0. The number of carboxylic acids is 1. The van der Waals surface area contributed by atoms with Crippen molar-refractivity contribution in [3.63, 3.8) is 0 Å². The van der Waals surface area contributed by atoms with E-state index in [1.54, 1.807) is 0 Å². The number of amides is 1. The van der Waals surface area contributed by atoms with E-state index >= 15 is 0 Å². The van der Waals surface area contributed by atoms with Gasteiger partial charge in [-0.2, -0.15) is 5.26 Å². The zero-order chi connectivity index (χ0) is 16.4. The van der Waals surface area contributed by atoms with E-state index in [4.69, 9.17) is 15.1 Å². The van der Waals surface area contributed by atoms with Crippen molar-refractivity contribution >= 4 is 11.9 Å². The summed E-state index contributed by atoms with van der Waals surface area (Å²) in [4.78, 5) is 24.6. The third-order valence-electron chi connectivity index (χ3n) is 3.54. The Morgan fingerprint density at radius 1 is 1.45 bits per heavy atom. The van der Waals surface area contributed by atoms with Crippen molar-refractivity contribution in [3.8, 4) is 6.07 Å². The minimum Gasteiger partial charge on any atom is -0.481 e. The summed E-state index contributed by atoms with van der Waals surface area (Å²) in [6.45, 7) is 4.60. The maximum atomic E-state index is 12.2. The smallest absolute Gasteiger partial charge is 0.306 e. The van der Waals surface area contributed by atoms with Gasteiger partial charge in [-0.15, -0.1) is 0 Å². The van der Waals surface area contributed by atoms with Gasteiger partial charge in [0, 0.05) is 39.0 Å². The molecule has 0 bridgehead atoms.